The van der Waals surface area contributed by atoms with Crippen LogP contribution in [0.2, 0.25) is 0 Å². The SMILES string of the molecule is C=C(CNc1cc(C)c(C(F)(F)F)cn1)NCC.CC. The zero-order chi connectivity index (χ0) is 15.8. The molecule has 114 valence electrons. The van der Waals surface area contributed by atoms with Gasteiger partial charge in [0.25, 0.3) is 0 Å². The van der Waals surface area contributed by atoms with Crippen molar-refractivity contribution in [2.45, 2.75) is 33.9 Å². The fraction of sp³-hybridized carbons (Fsp3) is 0.500. The number of anilines is 1. The highest BCUT2D eigenvalue weighted by atomic mass is 19.4. The summed E-state index contributed by atoms with van der Waals surface area (Å²) in [5, 5.41) is 5.91. The van der Waals surface area contributed by atoms with Crippen molar-refractivity contribution in [3.05, 3.63) is 35.7 Å². The minimum absolute atomic E-state index is 0.147. The lowest BCUT2D eigenvalue weighted by Gasteiger charge is -2.13. The zero-order valence-corrected chi connectivity index (χ0v) is 12.4. The molecule has 0 unspecified atom stereocenters. The van der Waals surface area contributed by atoms with Crippen molar-refractivity contribution in [1.82, 2.24) is 10.3 Å². The molecule has 1 heterocycles. The quantitative estimate of drug-likeness (QED) is 0.861. The first-order chi connectivity index (χ1) is 9.34. The van der Waals surface area contributed by atoms with Crippen molar-refractivity contribution in [3.8, 4) is 0 Å². The highest BCUT2D eigenvalue weighted by Crippen LogP contribution is 2.31. The van der Waals surface area contributed by atoms with E-state index >= 15 is 0 Å². The van der Waals surface area contributed by atoms with Gasteiger partial charge in [-0.1, -0.05) is 20.4 Å². The molecule has 0 saturated heterocycles. The van der Waals surface area contributed by atoms with Crippen LogP contribution in [0.3, 0.4) is 0 Å². The Labute approximate surface area is 118 Å². The number of nitrogens with one attached hydrogen (secondary N) is 2. The van der Waals surface area contributed by atoms with E-state index in [0.29, 0.717) is 12.4 Å². The molecular weight excluding hydrogens is 267 g/mol. The summed E-state index contributed by atoms with van der Waals surface area (Å²) < 4.78 is 37.5. The molecule has 0 aliphatic heterocycles. The van der Waals surface area contributed by atoms with Gasteiger partial charge in [0, 0.05) is 18.4 Å². The number of halogens is 3. The van der Waals surface area contributed by atoms with E-state index in [1.807, 2.05) is 20.8 Å². The molecule has 0 aromatic carbocycles. The number of pyridine rings is 1. The van der Waals surface area contributed by atoms with Crippen LogP contribution in [-0.4, -0.2) is 18.1 Å². The van der Waals surface area contributed by atoms with Gasteiger partial charge in [0.15, 0.2) is 0 Å². The third-order valence-corrected chi connectivity index (χ3v) is 2.33. The van der Waals surface area contributed by atoms with Gasteiger partial charge >= 0.3 is 6.18 Å². The first-order valence-electron chi connectivity index (χ1n) is 6.54. The minimum atomic E-state index is -4.36. The second-order valence-corrected chi connectivity index (χ2v) is 3.87. The highest BCUT2D eigenvalue weighted by Gasteiger charge is 2.32. The molecular formula is C14H22F3N3. The molecule has 1 rings (SSSR count). The summed E-state index contributed by atoms with van der Waals surface area (Å²) in [5.41, 5.74) is 0.199. The number of aryl methyl sites for hydroxylation is 1. The number of nitrogens with zero attached hydrogens (tertiary/aromatic N) is 1. The molecule has 0 saturated carbocycles. The predicted molar refractivity (Wildman–Crippen MR) is 76.6 cm³/mol. The Morgan fingerprint density at radius 1 is 1.35 bits per heavy atom. The standard InChI is InChI=1S/C12H16F3N3.C2H6/c1-4-16-9(3)6-17-11-5-8(2)10(7-18-11)12(13,14)15;1-2/h5,7,16H,3-4,6H2,1-2H3,(H,17,18);1-2H3. The lowest BCUT2D eigenvalue weighted by Crippen LogP contribution is -2.19. The Hall–Kier alpha value is -1.72. The van der Waals surface area contributed by atoms with Gasteiger partial charge in [-0.25, -0.2) is 4.98 Å². The van der Waals surface area contributed by atoms with Gasteiger partial charge in [-0.2, -0.15) is 13.2 Å². The Balaban J connectivity index is 0.00000172. The van der Waals surface area contributed by atoms with Gasteiger partial charge in [-0.05, 0) is 25.5 Å². The van der Waals surface area contributed by atoms with E-state index in [9.17, 15) is 13.2 Å². The molecule has 0 radical (unpaired) electrons. The molecule has 1 aromatic heterocycles. The topological polar surface area (TPSA) is 37.0 Å². The van der Waals surface area contributed by atoms with Crippen molar-refractivity contribution in [2.24, 2.45) is 0 Å². The summed E-state index contributed by atoms with van der Waals surface area (Å²) in [6.07, 6.45) is -3.52. The van der Waals surface area contributed by atoms with E-state index in [-0.39, 0.29) is 5.56 Å². The Morgan fingerprint density at radius 3 is 2.40 bits per heavy atom. The fourth-order valence-electron chi connectivity index (χ4n) is 1.46. The van der Waals surface area contributed by atoms with E-state index in [0.717, 1.165) is 18.4 Å². The van der Waals surface area contributed by atoms with Crippen LogP contribution in [0.15, 0.2) is 24.5 Å². The molecule has 0 bridgehead atoms. The van der Waals surface area contributed by atoms with Crippen molar-refractivity contribution >= 4 is 5.82 Å². The summed E-state index contributed by atoms with van der Waals surface area (Å²) >= 11 is 0. The summed E-state index contributed by atoms with van der Waals surface area (Å²) in [6, 6.07) is 1.38. The molecule has 2 N–H and O–H groups in total. The molecule has 3 nitrogen and oxygen atoms in total. The third-order valence-electron chi connectivity index (χ3n) is 2.33. The first-order valence-corrected chi connectivity index (χ1v) is 6.54. The smallest absolute Gasteiger partial charge is 0.388 e. The molecule has 0 fully saturated rings. The Bertz CT molecular complexity index is 428. The van der Waals surface area contributed by atoms with Gasteiger partial charge < -0.3 is 10.6 Å². The lowest BCUT2D eigenvalue weighted by atomic mass is 10.1. The van der Waals surface area contributed by atoms with Crippen LogP contribution in [0.25, 0.3) is 0 Å². The summed E-state index contributed by atoms with van der Waals surface area (Å²) in [4.78, 5) is 3.74. The van der Waals surface area contributed by atoms with Crippen LogP contribution in [-0.2, 0) is 6.18 Å². The van der Waals surface area contributed by atoms with Crippen molar-refractivity contribution in [2.75, 3.05) is 18.4 Å². The highest BCUT2D eigenvalue weighted by molar-refractivity contribution is 5.42. The van der Waals surface area contributed by atoms with E-state index in [1.54, 1.807) is 0 Å². The van der Waals surface area contributed by atoms with Crippen LogP contribution in [0.1, 0.15) is 31.9 Å². The average molecular weight is 289 g/mol. The maximum atomic E-state index is 12.5. The van der Waals surface area contributed by atoms with Crippen LogP contribution >= 0.6 is 0 Å². The summed E-state index contributed by atoms with van der Waals surface area (Å²) in [6.45, 7) is 12.3. The predicted octanol–water partition coefficient (Wildman–Crippen LogP) is 3.97. The number of hydrogen-bond acceptors (Lipinski definition) is 3. The number of likely N-dealkylation sites (N-methyl/N-ethyl adjacent to an activating group) is 1. The molecule has 0 spiro atoms. The molecule has 0 atom stereocenters. The van der Waals surface area contributed by atoms with Crippen LogP contribution in [0.5, 0.6) is 0 Å². The molecule has 0 amide bonds. The molecule has 1 aromatic rings. The first kappa shape index (κ1) is 18.3. The number of alkyl halides is 3. The third kappa shape index (κ3) is 5.95. The van der Waals surface area contributed by atoms with E-state index in [2.05, 4.69) is 22.2 Å². The lowest BCUT2D eigenvalue weighted by molar-refractivity contribution is -0.138. The maximum absolute atomic E-state index is 12.5. The fourth-order valence-corrected chi connectivity index (χ4v) is 1.46. The summed E-state index contributed by atoms with van der Waals surface area (Å²) in [5.74, 6) is 0.402. The number of aromatic nitrogens is 1. The van der Waals surface area contributed by atoms with Gasteiger partial charge in [-0.15, -0.1) is 0 Å². The molecule has 0 aliphatic carbocycles. The average Bonchev–Trinajstić information content (AvgIpc) is 2.37. The van der Waals surface area contributed by atoms with Gasteiger partial charge in [0.2, 0.25) is 0 Å². The molecule has 20 heavy (non-hydrogen) atoms. The minimum Gasteiger partial charge on any atom is -0.388 e. The molecule has 6 heteroatoms. The van der Waals surface area contributed by atoms with E-state index in [4.69, 9.17) is 0 Å². The second-order valence-electron chi connectivity index (χ2n) is 3.87. The van der Waals surface area contributed by atoms with Gasteiger partial charge in [0.05, 0.1) is 12.1 Å². The van der Waals surface area contributed by atoms with Crippen molar-refractivity contribution in [1.29, 1.82) is 0 Å². The van der Waals surface area contributed by atoms with Crippen LogP contribution < -0.4 is 10.6 Å². The van der Waals surface area contributed by atoms with E-state index in [1.165, 1.54) is 13.0 Å². The zero-order valence-electron chi connectivity index (χ0n) is 12.4. The summed E-state index contributed by atoms with van der Waals surface area (Å²) in [7, 11) is 0. The maximum Gasteiger partial charge on any atom is 0.418 e. The largest absolute Gasteiger partial charge is 0.418 e. The molecule has 0 aliphatic rings. The van der Waals surface area contributed by atoms with Gasteiger partial charge in [-0.3, -0.25) is 0 Å². The Morgan fingerprint density at radius 2 is 1.95 bits per heavy atom. The van der Waals surface area contributed by atoms with E-state index < -0.39 is 11.7 Å². The monoisotopic (exact) mass is 289 g/mol. The number of rotatable bonds is 5. The van der Waals surface area contributed by atoms with Crippen molar-refractivity contribution in [3.63, 3.8) is 0 Å². The van der Waals surface area contributed by atoms with Crippen LogP contribution in [0, 0.1) is 6.92 Å². The number of hydrogen-bond donors (Lipinski definition) is 2. The van der Waals surface area contributed by atoms with Gasteiger partial charge in [0.1, 0.15) is 5.82 Å². The second kappa shape index (κ2) is 8.45. The van der Waals surface area contributed by atoms with Crippen LogP contribution in [0.4, 0.5) is 19.0 Å². The normalized spacial score (nSPS) is 10.3. The Kier molecular flexibility index (Phi) is 7.72. The van der Waals surface area contributed by atoms with Crippen molar-refractivity contribution < 1.29 is 13.2 Å².